The van der Waals surface area contributed by atoms with Gasteiger partial charge in [0.15, 0.2) is 0 Å². The summed E-state index contributed by atoms with van der Waals surface area (Å²) >= 11 is 0. The highest BCUT2D eigenvalue weighted by Crippen LogP contribution is 2.15. The molecule has 0 saturated heterocycles. The molecule has 20 heavy (non-hydrogen) atoms. The van der Waals surface area contributed by atoms with Gasteiger partial charge in [-0.05, 0) is 17.0 Å². The number of methoxy groups -OCH3 is 1. The molecule has 1 aromatic heterocycles. The molecule has 4 nitrogen and oxygen atoms in total. The average molecular weight is 273 g/mol. The molecular formula is C16H23N3O. The van der Waals surface area contributed by atoms with Crippen molar-refractivity contribution in [2.24, 2.45) is 0 Å². The molecule has 108 valence electrons. The number of nitrogens with zero attached hydrogens (tertiary/aromatic N) is 2. The smallest absolute Gasteiger partial charge is 0.203 e. The Kier molecular flexibility index (Phi) is 5.18. The normalized spacial score (nSPS) is 11.0. The number of anilines is 1. The third kappa shape index (κ3) is 3.84. The van der Waals surface area contributed by atoms with Crippen LogP contribution < -0.4 is 5.32 Å². The average Bonchev–Trinajstić information content (AvgIpc) is 2.90. The quantitative estimate of drug-likeness (QED) is 0.841. The van der Waals surface area contributed by atoms with E-state index in [1.54, 1.807) is 13.3 Å². The van der Waals surface area contributed by atoms with Crippen molar-refractivity contribution in [3.8, 4) is 0 Å². The maximum atomic E-state index is 5.09. The zero-order chi connectivity index (χ0) is 14.4. The van der Waals surface area contributed by atoms with E-state index in [1.165, 1.54) is 11.1 Å². The van der Waals surface area contributed by atoms with Gasteiger partial charge in [0.25, 0.3) is 0 Å². The van der Waals surface area contributed by atoms with Crippen molar-refractivity contribution in [3.63, 3.8) is 0 Å². The molecule has 0 atom stereocenters. The van der Waals surface area contributed by atoms with Crippen LogP contribution in [0.4, 0.5) is 5.95 Å². The van der Waals surface area contributed by atoms with Crippen LogP contribution in [0.25, 0.3) is 0 Å². The summed E-state index contributed by atoms with van der Waals surface area (Å²) in [6.07, 6.45) is 3.77. The van der Waals surface area contributed by atoms with E-state index in [2.05, 4.69) is 53.0 Å². The number of ether oxygens (including phenoxy) is 1. The van der Waals surface area contributed by atoms with Crippen molar-refractivity contribution in [2.45, 2.75) is 32.9 Å². The first-order valence-electron chi connectivity index (χ1n) is 7.03. The maximum absolute atomic E-state index is 5.09. The van der Waals surface area contributed by atoms with E-state index in [-0.39, 0.29) is 0 Å². The summed E-state index contributed by atoms with van der Waals surface area (Å²) in [5.41, 5.74) is 2.63. The lowest BCUT2D eigenvalue weighted by Gasteiger charge is -2.10. The zero-order valence-corrected chi connectivity index (χ0v) is 12.5. The fourth-order valence-corrected chi connectivity index (χ4v) is 2.05. The summed E-state index contributed by atoms with van der Waals surface area (Å²) in [5, 5.41) is 3.36. The predicted molar refractivity (Wildman–Crippen MR) is 82.0 cm³/mol. The van der Waals surface area contributed by atoms with Crippen molar-refractivity contribution >= 4 is 5.95 Å². The van der Waals surface area contributed by atoms with E-state index >= 15 is 0 Å². The highest BCUT2D eigenvalue weighted by atomic mass is 16.5. The van der Waals surface area contributed by atoms with E-state index < -0.39 is 0 Å². The van der Waals surface area contributed by atoms with Crippen LogP contribution in [0.1, 0.15) is 30.9 Å². The number of imidazole rings is 1. The Labute approximate surface area is 120 Å². The first-order valence-corrected chi connectivity index (χ1v) is 7.03. The Balaban J connectivity index is 1.93. The van der Waals surface area contributed by atoms with Crippen molar-refractivity contribution in [3.05, 3.63) is 47.8 Å². The highest BCUT2D eigenvalue weighted by Gasteiger charge is 2.03. The SMILES string of the molecule is COCCn1ccnc1NCc1ccc(C(C)C)cc1. The second-order valence-electron chi connectivity index (χ2n) is 5.19. The lowest BCUT2D eigenvalue weighted by Crippen LogP contribution is -2.10. The first kappa shape index (κ1) is 14.6. The van der Waals surface area contributed by atoms with Gasteiger partial charge in [-0.2, -0.15) is 0 Å². The Morgan fingerprint density at radius 2 is 2.00 bits per heavy atom. The molecule has 2 rings (SSSR count). The van der Waals surface area contributed by atoms with E-state index in [0.29, 0.717) is 12.5 Å². The molecule has 0 spiro atoms. The van der Waals surface area contributed by atoms with E-state index in [9.17, 15) is 0 Å². The van der Waals surface area contributed by atoms with Crippen LogP contribution in [0.5, 0.6) is 0 Å². The number of nitrogens with one attached hydrogen (secondary N) is 1. The minimum Gasteiger partial charge on any atom is -0.383 e. The first-order chi connectivity index (χ1) is 9.70. The number of hydrogen-bond donors (Lipinski definition) is 1. The molecule has 0 unspecified atom stereocenters. The van der Waals surface area contributed by atoms with Crippen LogP contribution >= 0.6 is 0 Å². The lowest BCUT2D eigenvalue weighted by atomic mass is 10.0. The van der Waals surface area contributed by atoms with Crippen molar-refractivity contribution in [1.29, 1.82) is 0 Å². The molecule has 0 fully saturated rings. The van der Waals surface area contributed by atoms with E-state index in [0.717, 1.165) is 19.0 Å². The molecule has 0 aliphatic rings. The fourth-order valence-electron chi connectivity index (χ4n) is 2.05. The van der Waals surface area contributed by atoms with Crippen molar-refractivity contribution in [1.82, 2.24) is 9.55 Å². The second-order valence-corrected chi connectivity index (χ2v) is 5.19. The predicted octanol–water partition coefficient (Wildman–Crippen LogP) is 3.27. The Morgan fingerprint density at radius 3 is 2.65 bits per heavy atom. The molecule has 0 radical (unpaired) electrons. The summed E-state index contributed by atoms with van der Waals surface area (Å²) in [4.78, 5) is 4.33. The van der Waals surface area contributed by atoms with Gasteiger partial charge in [-0.15, -0.1) is 0 Å². The summed E-state index contributed by atoms with van der Waals surface area (Å²) in [6, 6.07) is 8.73. The second kappa shape index (κ2) is 7.10. The summed E-state index contributed by atoms with van der Waals surface area (Å²) < 4.78 is 7.15. The van der Waals surface area contributed by atoms with Crippen LogP contribution in [-0.4, -0.2) is 23.3 Å². The number of hydrogen-bond acceptors (Lipinski definition) is 3. The van der Waals surface area contributed by atoms with Gasteiger partial charge in [0.1, 0.15) is 0 Å². The summed E-state index contributed by atoms with van der Waals surface area (Å²) in [5.74, 6) is 1.46. The fraction of sp³-hybridized carbons (Fsp3) is 0.438. The van der Waals surface area contributed by atoms with Crippen LogP contribution in [0.2, 0.25) is 0 Å². The number of aromatic nitrogens is 2. The Bertz CT molecular complexity index is 517. The topological polar surface area (TPSA) is 39.1 Å². The minimum absolute atomic E-state index is 0.574. The van der Waals surface area contributed by atoms with Gasteiger partial charge < -0.3 is 14.6 Å². The highest BCUT2D eigenvalue weighted by molar-refractivity contribution is 5.31. The molecule has 2 aromatic rings. The zero-order valence-electron chi connectivity index (χ0n) is 12.5. The molecule has 0 aliphatic heterocycles. The third-order valence-electron chi connectivity index (χ3n) is 3.35. The summed E-state index contributed by atoms with van der Waals surface area (Å²) in [7, 11) is 1.71. The largest absolute Gasteiger partial charge is 0.383 e. The monoisotopic (exact) mass is 273 g/mol. The molecule has 0 saturated carbocycles. The van der Waals surface area contributed by atoms with Gasteiger partial charge in [0.2, 0.25) is 5.95 Å². The van der Waals surface area contributed by atoms with E-state index in [4.69, 9.17) is 4.74 Å². The molecular weight excluding hydrogens is 250 g/mol. The molecule has 1 aromatic carbocycles. The van der Waals surface area contributed by atoms with Crippen molar-refractivity contribution < 1.29 is 4.74 Å². The minimum atomic E-state index is 0.574. The van der Waals surface area contributed by atoms with Gasteiger partial charge >= 0.3 is 0 Å². The number of rotatable bonds is 7. The molecule has 0 amide bonds. The molecule has 1 N–H and O–H groups in total. The lowest BCUT2D eigenvalue weighted by molar-refractivity contribution is 0.187. The van der Waals surface area contributed by atoms with Gasteiger partial charge in [-0.3, -0.25) is 0 Å². The summed E-state index contributed by atoms with van der Waals surface area (Å²) in [6.45, 7) is 6.70. The third-order valence-corrected chi connectivity index (χ3v) is 3.35. The van der Waals surface area contributed by atoms with Crippen LogP contribution in [0.15, 0.2) is 36.7 Å². The standard InChI is InChI=1S/C16H23N3O/c1-13(2)15-6-4-14(5-7-15)12-18-16-17-8-9-19(16)10-11-20-3/h4-9,13H,10-12H2,1-3H3,(H,17,18). The molecule has 0 bridgehead atoms. The van der Waals surface area contributed by atoms with Gasteiger partial charge in [-0.1, -0.05) is 38.1 Å². The molecule has 0 aliphatic carbocycles. The maximum Gasteiger partial charge on any atom is 0.203 e. The van der Waals surface area contributed by atoms with Crippen LogP contribution in [-0.2, 0) is 17.8 Å². The van der Waals surface area contributed by atoms with Gasteiger partial charge in [-0.25, -0.2) is 4.98 Å². The Hall–Kier alpha value is -1.81. The molecule has 1 heterocycles. The van der Waals surface area contributed by atoms with Crippen LogP contribution in [0.3, 0.4) is 0 Å². The van der Waals surface area contributed by atoms with Gasteiger partial charge in [0.05, 0.1) is 6.61 Å². The van der Waals surface area contributed by atoms with E-state index in [1.807, 2.05) is 6.20 Å². The van der Waals surface area contributed by atoms with Crippen molar-refractivity contribution in [2.75, 3.05) is 19.0 Å². The van der Waals surface area contributed by atoms with Crippen LogP contribution in [0, 0.1) is 0 Å². The van der Waals surface area contributed by atoms with Gasteiger partial charge in [0, 0.05) is 32.6 Å². The molecule has 4 heteroatoms. The number of benzene rings is 1. The Morgan fingerprint density at radius 1 is 1.25 bits per heavy atom.